The lowest BCUT2D eigenvalue weighted by Gasteiger charge is -2.34. The van der Waals surface area contributed by atoms with Crippen molar-refractivity contribution < 1.29 is 19.2 Å². The Balaban J connectivity index is 2.00. The quantitative estimate of drug-likeness (QED) is 0.571. The fraction of sp³-hybridized carbons (Fsp3) is 0.238. The van der Waals surface area contributed by atoms with E-state index in [0.29, 0.717) is 10.6 Å². The van der Waals surface area contributed by atoms with Crippen LogP contribution in [0.5, 0.6) is 0 Å². The summed E-state index contributed by atoms with van der Waals surface area (Å²) in [7, 11) is 0. The molecule has 6 nitrogen and oxygen atoms in total. The van der Waals surface area contributed by atoms with Crippen molar-refractivity contribution >= 4 is 35.1 Å². The Labute approximate surface area is 167 Å². The molecule has 1 heterocycles. The number of benzene rings is 2. The molecule has 1 fully saturated rings. The fourth-order valence-corrected chi connectivity index (χ4v) is 3.17. The Morgan fingerprint density at radius 3 is 1.96 bits per heavy atom. The molecule has 144 valence electrons. The van der Waals surface area contributed by atoms with E-state index in [9.17, 15) is 19.2 Å². The second-order valence-electron chi connectivity index (χ2n) is 6.66. The highest BCUT2D eigenvalue weighted by Gasteiger charge is 2.41. The van der Waals surface area contributed by atoms with E-state index in [2.05, 4.69) is 0 Å². The van der Waals surface area contributed by atoms with Gasteiger partial charge in [-0.2, -0.15) is 5.01 Å². The second kappa shape index (κ2) is 7.94. The van der Waals surface area contributed by atoms with Gasteiger partial charge in [-0.1, -0.05) is 41.4 Å². The van der Waals surface area contributed by atoms with Crippen LogP contribution in [0.4, 0.5) is 0 Å². The molecule has 3 amide bonds. The van der Waals surface area contributed by atoms with Crippen molar-refractivity contribution in [3.8, 4) is 0 Å². The lowest BCUT2D eigenvalue weighted by Crippen LogP contribution is -2.55. The molecule has 2 aromatic carbocycles. The van der Waals surface area contributed by atoms with Crippen molar-refractivity contribution in [2.75, 3.05) is 0 Å². The van der Waals surface area contributed by atoms with E-state index in [1.54, 1.807) is 24.3 Å². The third kappa shape index (κ3) is 3.82. The number of nitrogens with zero attached hydrogens (tertiary/aromatic N) is 2. The Morgan fingerprint density at radius 2 is 1.43 bits per heavy atom. The van der Waals surface area contributed by atoms with Crippen LogP contribution in [0.25, 0.3) is 0 Å². The van der Waals surface area contributed by atoms with Gasteiger partial charge in [0.1, 0.15) is 6.04 Å². The Hall–Kier alpha value is -2.99. The van der Waals surface area contributed by atoms with E-state index in [0.717, 1.165) is 15.6 Å². The number of rotatable bonds is 5. The molecule has 0 aliphatic carbocycles. The van der Waals surface area contributed by atoms with Crippen LogP contribution in [0.3, 0.4) is 0 Å². The first-order valence-corrected chi connectivity index (χ1v) is 9.23. The van der Waals surface area contributed by atoms with Crippen LogP contribution in [-0.4, -0.2) is 39.6 Å². The van der Waals surface area contributed by atoms with Gasteiger partial charge in [-0.15, -0.1) is 0 Å². The highest BCUT2D eigenvalue weighted by molar-refractivity contribution is 6.30. The molecule has 3 rings (SSSR count). The predicted octanol–water partition coefficient (Wildman–Crippen LogP) is 3.43. The van der Waals surface area contributed by atoms with Crippen LogP contribution >= 0.6 is 11.6 Å². The summed E-state index contributed by atoms with van der Waals surface area (Å²) in [5.41, 5.74) is 1.61. The van der Waals surface area contributed by atoms with Gasteiger partial charge in [-0.05, 0) is 38.1 Å². The number of amides is 3. The van der Waals surface area contributed by atoms with E-state index in [1.807, 2.05) is 6.92 Å². The second-order valence-corrected chi connectivity index (χ2v) is 7.10. The van der Waals surface area contributed by atoms with Crippen LogP contribution in [0.2, 0.25) is 5.02 Å². The van der Waals surface area contributed by atoms with Gasteiger partial charge < -0.3 is 0 Å². The monoisotopic (exact) mass is 398 g/mol. The third-order valence-corrected chi connectivity index (χ3v) is 4.87. The Morgan fingerprint density at radius 1 is 0.929 bits per heavy atom. The SMILES string of the molecule is Cc1ccc(C(=O)[C@H](C)N(C(=O)c2ccc(Cl)cc2)N2C(=O)CCC2=O)cc1. The number of aryl methyl sites for hydroxylation is 1. The van der Waals surface area contributed by atoms with Crippen LogP contribution in [0, 0.1) is 6.92 Å². The number of ketones is 1. The molecule has 0 saturated carbocycles. The molecule has 0 N–H and O–H groups in total. The fourth-order valence-electron chi connectivity index (χ4n) is 3.04. The molecule has 1 atom stereocenters. The molecule has 0 unspecified atom stereocenters. The van der Waals surface area contributed by atoms with Gasteiger partial charge in [0, 0.05) is 29.0 Å². The van der Waals surface area contributed by atoms with Gasteiger partial charge in [0.15, 0.2) is 5.78 Å². The van der Waals surface area contributed by atoms with E-state index in [-0.39, 0.29) is 24.2 Å². The Bertz CT molecular complexity index is 922. The summed E-state index contributed by atoms with van der Waals surface area (Å²) in [6.45, 7) is 3.41. The molecule has 0 aromatic heterocycles. The molecular formula is C21H19ClN2O4. The summed E-state index contributed by atoms with van der Waals surface area (Å²) in [6.07, 6.45) is 0.0172. The summed E-state index contributed by atoms with van der Waals surface area (Å²) in [4.78, 5) is 50.7. The molecule has 2 aromatic rings. The molecule has 28 heavy (non-hydrogen) atoms. The molecule has 1 aliphatic rings. The van der Waals surface area contributed by atoms with Crippen molar-refractivity contribution in [2.45, 2.75) is 32.7 Å². The first kappa shape index (κ1) is 19.8. The number of Topliss-reactive ketones (excluding diaryl/α,β-unsaturated/α-hetero) is 1. The largest absolute Gasteiger partial charge is 0.292 e. The van der Waals surface area contributed by atoms with E-state index < -0.39 is 23.8 Å². The molecule has 7 heteroatoms. The maximum atomic E-state index is 13.2. The van der Waals surface area contributed by atoms with Crippen LogP contribution in [0.1, 0.15) is 46.0 Å². The maximum Gasteiger partial charge on any atom is 0.273 e. The molecular weight excluding hydrogens is 380 g/mol. The summed E-state index contributed by atoms with van der Waals surface area (Å²) in [5.74, 6) is -1.99. The number of hydrazine groups is 1. The van der Waals surface area contributed by atoms with Crippen LogP contribution < -0.4 is 0 Å². The summed E-state index contributed by atoms with van der Waals surface area (Å²) >= 11 is 5.88. The van der Waals surface area contributed by atoms with Gasteiger partial charge in [-0.3, -0.25) is 19.2 Å². The third-order valence-electron chi connectivity index (χ3n) is 4.62. The van der Waals surface area contributed by atoms with Crippen molar-refractivity contribution in [3.05, 3.63) is 70.2 Å². The number of carbonyl (C=O) groups excluding carboxylic acids is 4. The van der Waals surface area contributed by atoms with E-state index >= 15 is 0 Å². The van der Waals surface area contributed by atoms with Crippen molar-refractivity contribution in [1.29, 1.82) is 0 Å². The van der Waals surface area contributed by atoms with Gasteiger partial charge in [0.25, 0.3) is 5.91 Å². The molecule has 1 saturated heterocycles. The van der Waals surface area contributed by atoms with Crippen LogP contribution in [0.15, 0.2) is 48.5 Å². The number of hydrogen-bond donors (Lipinski definition) is 0. The predicted molar refractivity (Wildman–Crippen MR) is 104 cm³/mol. The normalized spacial score (nSPS) is 14.9. The Kier molecular flexibility index (Phi) is 5.61. The first-order valence-electron chi connectivity index (χ1n) is 8.85. The summed E-state index contributed by atoms with van der Waals surface area (Å²) in [6, 6.07) is 11.9. The minimum absolute atomic E-state index is 0.00860. The molecule has 0 bridgehead atoms. The van der Waals surface area contributed by atoms with Gasteiger partial charge >= 0.3 is 0 Å². The number of imide groups is 1. The van der Waals surface area contributed by atoms with E-state index in [1.165, 1.54) is 31.2 Å². The van der Waals surface area contributed by atoms with Gasteiger partial charge in [-0.25, -0.2) is 5.01 Å². The lowest BCUT2D eigenvalue weighted by atomic mass is 10.0. The highest BCUT2D eigenvalue weighted by Crippen LogP contribution is 2.23. The molecule has 0 radical (unpaired) electrons. The van der Waals surface area contributed by atoms with E-state index in [4.69, 9.17) is 11.6 Å². The van der Waals surface area contributed by atoms with Crippen molar-refractivity contribution in [3.63, 3.8) is 0 Å². The number of hydrogen-bond acceptors (Lipinski definition) is 4. The first-order chi connectivity index (χ1) is 13.3. The molecule has 0 spiro atoms. The number of carbonyl (C=O) groups is 4. The van der Waals surface area contributed by atoms with Crippen molar-refractivity contribution in [1.82, 2.24) is 10.0 Å². The number of halogens is 1. The topological polar surface area (TPSA) is 74.8 Å². The zero-order valence-corrected chi connectivity index (χ0v) is 16.3. The maximum absolute atomic E-state index is 13.2. The van der Waals surface area contributed by atoms with Gasteiger partial charge in [0.05, 0.1) is 0 Å². The summed E-state index contributed by atoms with van der Waals surface area (Å²) in [5, 5.41) is 2.21. The average molecular weight is 399 g/mol. The van der Waals surface area contributed by atoms with Gasteiger partial charge in [0.2, 0.25) is 11.8 Å². The highest BCUT2D eigenvalue weighted by atomic mass is 35.5. The minimum atomic E-state index is -1.04. The smallest absolute Gasteiger partial charge is 0.273 e. The standard InChI is InChI=1S/C21H19ClN2O4/c1-13-3-5-15(6-4-13)20(27)14(2)23(24-18(25)11-12-19(24)26)21(28)16-7-9-17(22)10-8-16/h3-10,14H,11-12H2,1-2H3/t14-/m0/s1. The zero-order valence-electron chi connectivity index (χ0n) is 15.5. The van der Waals surface area contributed by atoms with Crippen LogP contribution in [-0.2, 0) is 9.59 Å². The summed E-state index contributed by atoms with van der Waals surface area (Å²) < 4.78 is 0. The molecule has 1 aliphatic heterocycles. The average Bonchev–Trinajstić information content (AvgIpc) is 3.01. The van der Waals surface area contributed by atoms with Crippen molar-refractivity contribution in [2.24, 2.45) is 0 Å². The minimum Gasteiger partial charge on any atom is -0.292 e. The zero-order chi connectivity index (χ0) is 20.4. The lowest BCUT2D eigenvalue weighted by molar-refractivity contribution is -0.154.